The number of rotatable bonds is 6. The van der Waals surface area contributed by atoms with Crippen molar-refractivity contribution in [2.75, 3.05) is 18.0 Å². The average Bonchev–Trinajstić information content (AvgIpc) is 2.43. The molecule has 0 radical (unpaired) electrons. The summed E-state index contributed by atoms with van der Waals surface area (Å²) in [7, 11) is 0. The Morgan fingerprint density at radius 1 is 1.60 bits per heavy atom. The van der Waals surface area contributed by atoms with Gasteiger partial charge in [0, 0.05) is 25.2 Å². The van der Waals surface area contributed by atoms with Crippen molar-refractivity contribution in [1.82, 2.24) is 0 Å². The fraction of sp³-hybridized carbons (Fsp3) is 0.385. The minimum Gasteiger partial charge on any atom is -0.481 e. The van der Waals surface area contributed by atoms with Crippen LogP contribution >= 0.6 is 0 Å². The second-order valence-corrected chi connectivity index (χ2v) is 4.35. The predicted octanol–water partition coefficient (Wildman–Crippen LogP) is 2.01. The Hall–Kier alpha value is -2.62. The number of nitro groups is 1. The zero-order chi connectivity index (χ0) is 15.3. The normalized spacial score (nSPS) is 11.4. The van der Waals surface area contributed by atoms with Crippen molar-refractivity contribution < 1.29 is 14.8 Å². The van der Waals surface area contributed by atoms with E-state index in [9.17, 15) is 14.9 Å². The van der Waals surface area contributed by atoms with Gasteiger partial charge in [0.1, 0.15) is 6.07 Å². The number of hydrogen-bond donors (Lipinski definition) is 1. The second kappa shape index (κ2) is 6.52. The molecule has 0 aromatic heterocycles. The SMILES string of the molecule is CCN(CC(C)C(=O)O)c1ccc([N+](=O)[O-])cc1C#N. The number of benzene rings is 1. The first-order valence-electron chi connectivity index (χ1n) is 6.07. The molecule has 0 fully saturated rings. The molecule has 0 aliphatic rings. The molecule has 7 nitrogen and oxygen atoms in total. The Bertz CT molecular complexity index is 565. The fourth-order valence-electron chi connectivity index (χ4n) is 1.81. The molecule has 1 rings (SSSR count). The Morgan fingerprint density at radius 3 is 2.70 bits per heavy atom. The van der Waals surface area contributed by atoms with Gasteiger partial charge in [0.25, 0.3) is 5.69 Å². The van der Waals surface area contributed by atoms with Crippen molar-refractivity contribution >= 4 is 17.3 Å². The molecule has 1 atom stereocenters. The molecule has 0 heterocycles. The maximum atomic E-state index is 10.9. The molecule has 106 valence electrons. The monoisotopic (exact) mass is 277 g/mol. The Kier molecular flexibility index (Phi) is 5.03. The first-order valence-corrected chi connectivity index (χ1v) is 6.07. The van der Waals surface area contributed by atoms with Crippen LogP contribution in [0.3, 0.4) is 0 Å². The number of nitro benzene ring substituents is 1. The molecule has 0 bridgehead atoms. The van der Waals surface area contributed by atoms with Crippen molar-refractivity contribution in [3.63, 3.8) is 0 Å². The van der Waals surface area contributed by atoms with Gasteiger partial charge in [-0.2, -0.15) is 5.26 Å². The summed E-state index contributed by atoms with van der Waals surface area (Å²) in [6.45, 7) is 4.14. The van der Waals surface area contributed by atoms with E-state index in [1.807, 2.05) is 13.0 Å². The second-order valence-electron chi connectivity index (χ2n) is 4.35. The molecule has 1 N–H and O–H groups in total. The molecule has 0 amide bonds. The van der Waals surface area contributed by atoms with Gasteiger partial charge in [-0.3, -0.25) is 14.9 Å². The van der Waals surface area contributed by atoms with E-state index in [2.05, 4.69) is 0 Å². The summed E-state index contributed by atoms with van der Waals surface area (Å²) in [4.78, 5) is 22.7. The molecule has 1 aromatic carbocycles. The highest BCUT2D eigenvalue weighted by molar-refractivity contribution is 5.71. The summed E-state index contributed by atoms with van der Waals surface area (Å²) in [6, 6.07) is 5.90. The summed E-state index contributed by atoms with van der Waals surface area (Å²) in [5.74, 6) is -1.53. The van der Waals surface area contributed by atoms with E-state index in [1.54, 1.807) is 11.8 Å². The van der Waals surface area contributed by atoms with Crippen LogP contribution in [-0.4, -0.2) is 29.1 Å². The van der Waals surface area contributed by atoms with Gasteiger partial charge in [-0.05, 0) is 13.0 Å². The smallest absolute Gasteiger partial charge is 0.308 e. The number of carboxylic acid groups (broad SMARTS) is 1. The van der Waals surface area contributed by atoms with Gasteiger partial charge in [-0.15, -0.1) is 0 Å². The lowest BCUT2D eigenvalue weighted by Gasteiger charge is -2.25. The lowest BCUT2D eigenvalue weighted by molar-refractivity contribution is -0.384. The largest absolute Gasteiger partial charge is 0.481 e. The van der Waals surface area contributed by atoms with E-state index in [1.165, 1.54) is 18.2 Å². The van der Waals surface area contributed by atoms with E-state index in [0.717, 1.165) is 0 Å². The Balaban J connectivity index is 3.13. The number of non-ortho nitro benzene ring substituents is 1. The molecule has 1 unspecified atom stereocenters. The first kappa shape index (κ1) is 15.4. The van der Waals surface area contributed by atoms with Crippen LogP contribution in [0.2, 0.25) is 0 Å². The molecule has 7 heteroatoms. The van der Waals surface area contributed by atoms with Crippen LogP contribution in [0, 0.1) is 27.4 Å². The summed E-state index contributed by atoms with van der Waals surface area (Å²) in [6.07, 6.45) is 0. The molecule has 0 aliphatic carbocycles. The highest BCUT2D eigenvalue weighted by Crippen LogP contribution is 2.25. The van der Waals surface area contributed by atoms with Gasteiger partial charge in [0.15, 0.2) is 0 Å². The molecule has 1 aromatic rings. The standard InChI is InChI=1S/C13H15N3O4/c1-3-15(8-9(2)13(17)18)12-5-4-11(16(19)20)6-10(12)7-14/h4-6,9H,3,8H2,1-2H3,(H,17,18). The highest BCUT2D eigenvalue weighted by atomic mass is 16.6. The van der Waals surface area contributed by atoms with Crippen molar-refractivity contribution in [2.45, 2.75) is 13.8 Å². The molecule has 0 spiro atoms. The predicted molar refractivity (Wildman–Crippen MR) is 72.5 cm³/mol. The summed E-state index contributed by atoms with van der Waals surface area (Å²) in [5, 5.41) is 28.7. The highest BCUT2D eigenvalue weighted by Gasteiger charge is 2.19. The quantitative estimate of drug-likeness (QED) is 0.629. The molecule has 20 heavy (non-hydrogen) atoms. The van der Waals surface area contributed by atoms with Crippen LogP contribution in [0.4, 0.5) is 11.4 Å². The van der Waals surface area contributed by atoms with Crippen LogP contribution < -0.4 is 4.90 Å². The number of carboxylic acids is 1. The lowest BCUT2D eigenvalue weighted by atomic mass is 10.1. The van der Waals surface area contributed by atoms with Crippen LogP contribution in [0.15, 0.2) is 18.2 Å². The number of nitrogens with zero attached hydrogens (tertiary/aromatic N) is 3. The minimum absolute atomic E-state index is 0.160. The van der Waals surface area contributed by atoms with Gasteiger partial charge >= 0.3 is 5.97 Å². The lowest BCUT2D eigenvalue weighted by Crippen LogP contribution is -2.32. The van der Waals surface area contributed by atoms with E-state index in [0.29, 0.717) is 12.2 Å². The third kappa shape index (κ3) is 3.45. The van der Waals surface area contributed by atoms with Gasteiger partial charge < -0.3 is 10.0 Å². The van der Waals surface area contributed by atoms with Gasteiger partial charge in [-0.1, -0.05) is 6.92 Å². The third-order valence-corrected chi connectivity index (χ3v) is 2.95. The first-order chi connectivity index (χ1) is 9.40. The molecule has 0 aliphatic heterocycles. The van der Waals surface area contributed by atoms with Crippen molar-refractivity contribution in [1.29, 1.82) is 5.26 Å². The number of aliphatic carboxylic acids is 1. The molecule has 0 saturated heterocycles. The third-order valence-electron chi connectivity index (χ3n) is 2.95. The number of anilines is 1. The molecular weight excluding hydrogens is 262 g/mol. The Morgan fingerprint density at radius 2 is 2.25 bits per heavy atom. The molecule has 0 saturated carbocycles. The van der Waals surface area contributed by atoms with Crippen LogP contribution in [0.1, 0.15) is 19.4 Å². The fourth-order valence-corrected chi connectivity index (χ4v) is 1.81. The van der Waals surface area contributed by atoms with Crippen LogP contribution in [-0.2, 0) is 4.79 Å². The van der Waals surface area contributed by atoms with Crippen molar-refractivity contribution in [2.24, 2.45) is 5.92 Å². The van der Waals surface area contributed by atoms with Gasteiger partial charge in [0.2, 0.25) is 0 Å². The van der Waals surface area contributed by atoms with E-state index < -0.39 is 16.8 Å². The average molecular weight is 277 g/mol. The summed E-state index contributed by atoms with van der Waals surface area (Å²) >= 11 is 0. The number of hydrogen-bond acceptors (Lipinski definition) is 5. The number of carbonyl (C=O) groups is 1. The molecular formula is C13H15N3O4. The van der Waals surface area contributed by atoms with E-state index >= 15 is 0 Å². The van der Waals surface area contributed by atoms with Crippen LogP contribution in [0.5, 0.6) is 0 Å². The maximum absolute atomic E-state index is 10.9. The van der Waals surface area contributed by atoms with Gasteiger partial charge in [0.05, 0.1) is 22.1 Å². The Labute approximate surface area is 116 Å². The van der Waals surface area contributed by atoms with Crippen molar-refractivity contribution in [3.8, 4) is 6.07 Å². The van der Waals surface area contributed by atoms with Crippen molar-refractivity contribution in [3.05, 3.63) is 33.9 Å². The minimum atomic E-state index is -0.927. The maximum Gasteiger partial charge on any atom is 0.308 e. The van der Waals surface area contributed by atoms with E-state index in [-0.39, 0.29) is 17.8 Å². The zero-order valence-corrected chi connectivity index (χ0v) is 11.2. The van der Waals surface area contributed by atoms with E-state index in [4.69, 9.17) is 10.4 Å². The van der Waals surface area contributed by atoms with Gasteiger partial charge in [-0.25, -0.2) is 0 Å². The number of nitriles is 1. The summed E-state index contributed by atoms with van der Waals surface area (Å²) < 4.78 is 0. The summed E-state index contributed by atoms with van der Waals surface area (Å²) in [5.41, 5.74) is 0.514. The topological polar surface area (TPSA) is 107 Å². The zero-order valence-electron chi connectivity index (χ0n) is 11.2. The van der Waals surface area contributed by atoms with Crippen LogP contribution in [0.25, 0.3) is 0 Å².